The van der Waals surface area contributed by atoms with Gasteiger partial charge in [-0.1, -0.05) is 11.6 Å². The normalized spacial score (nSPS) is 20.1. The number of likely N-dealkylation sites (tertiary alicyclic amines) is 1. The van der Waals surface area contributed by atoms with E-state index in [9.17, 15) is 0 Å². The molecule has 0 aliphatic carbocycles. The Kier molecular flexibility index (Phi) is 6.72. The molecule has 1 aromatic rings. The minimum atomic E-state index is 0.743. The first-order valence-electron chi connectivity index (χ1n) is 8.82. The molecule has 132 valence electrons. The number of hydrogen-bond donors (Lipinski definition) is 1. The standard InChI is InChI=1S/C18H26ClN3OS/c19-16-1-3-17(4-2-16)20-18(24)22-9-6-15(7-10-22)5-8-21-11-13-23-14-12-21/h1-4,15H,5-14H2,(H,20,24). The summed E-state index contributed by atoms with van der Waals surface area (Å²) in [5.41, 5.74) is 0.999. The van der Waals surface area contributed by atoms with Crippen molar-refractivity contribution in [2.45, 2.75) is 19.3 Å². The smallest absolute Gasteiger partial charge is 0.173 e. The molecule has 0 radical (unpaired) electrons. The van der Waals surface area contributed by atoms with Gasteiger partial charge in [0.05, 0.1) is 13.2 Å². The Hall–Kier alpha value is -0.880. The molecule has 2 aliphatic heterocycles. The van der Waals surface area contributed by atoms with Crippen LogP contribution in [-0.4, -0.2) is 60.8 Å². The predicted octanol–water partition coefficient (Wildman–Crippen LogP) is 3.47. The molecule has 6 heteroatoms. The first kappa shape index (κ1) is 17.9. The number of ether oxygens (including phenoxy) is 1. The van der Waals surface area contributed by atoms with Gasteiger partial charge in [-0.2, -0.15) is 0 Å². The minimum Gasteiger partial charge on any atom is -0.379 e. The highest BCUT2D eigenvalue weighted by atomic mass is 35.5. The third-order valence-electron chi connectivity index (χ3n) is 4.95. The van der Waals surface area contributed by atoms with Crippen LogP contribution in [-0.2, 0) is 4.74 Å². The Morgan fingerprint density at radius 1 is 1.12 bits per heavy atom. The van der Waals surface area contributed by atoms with Crippen LogP contribution in [0.15, 0.2) is 24.3 Å². The monoisotopic (exact) mass is 367 g/mol. The molecule has 1 N–H and O–H groups in total. The zero-order valence-corrected chi connectivity index (χ0v) is 15.6. The van der Waals surface area contributed by atoms with Gasteiger partial charge >= 0.3 is 0 Å². The zero-order valence-electron chi connectivity index (χ0n) is 14.0. The molecule has 2 fully saturated rings. The Morgan fingerprint density at radius 2 is 1.79 bits per heavy atom. The molecule has 24 heavy (non-hydrogen) atoms. The zero-order chi connectivity index (χ0) is 16.8. The summed E-state index contributed by atoms with van der Waals surface area (Å²) in [6.07, 6.45) is 3.75. The molecular formula is C18H26ClN3OS. The van der Waals surface area contributed by atoms with Crippen LogP contribution in [0, 0.1) is 5.92 Å². The highest BCUT2D eigenvalue weighted by Crippen LogP contribution is 2.22. The average Bonchev–Trinajstić information content (AvgIpc) is 2.63. The molecule has 2 heterocycles. The number of nitrogens with one attached hydrogen (secondary N) is 1. The highest BCUT2D eigenvalue weighted by molar-refractivity contribution is 7.80. The van der Waals surface area contributed by atoms with E-state index in [2.05, 4.69) is 15.1 Å². The van der Waals surface area contributed by atoms with E-state index in [1.54, 1.807) is 0 Å². The van der Waals surface area contributed by atoms with Crippen molar-refractivity contribution in [1.82, 2.24) is 9.80 Å². The lowest BCUT2D eigenvalue weighted by atomic mass is 9.93. The summed E-state index contributed by atoms with van der Waals surface area (Å²) < 4.78 is 5.41. The summed E-state index contributed by atoms with van der Waals surface area (Å²) >= 11 is 11.5. The third-order valence-corrected chi connectivity index (χ3v) is 5.57. The van der Waals surface area contributed by atoms with E-state index in [1.807, 2.05) is 24.3 Å². The molecule has 0 atom stereocenters. The lowest BCUT2D eigenvalue weighted by molar-refractivity contribution is 0.0342. The molecule has 2 saturated heterocycles. The quantitative estimate of drug-likeness (QED) is 0.822. The number of benzene rings is 1. The van der Waals surface area contributed by atoms with Gasteiger partial charge in [0.1, 0.15) is 0 Å². The molecule has 0 amide bonds. The summed E-state index contributed by atoms with van der Waals surface area (Å²) in [4.78, 5) is 4.82. The second kappa shape index (κ2) is 8.99. The van der Waals surface area contributed by atoms with Gasteiger partial charge in [-0.3, -0.25) is 4.90 Å². The molecule has 0 unspecified atom stereocenters. The van der Waals surface area contributed by atoms with Gasteiger partial charge in [0.25, 0.3) is 0 Å². The number of morpholine rings is 1. The van der Waals surface area contributed by atoms with Crippen LogP contribution in [0.3, 0.4) is 0 Å². The topological polar surface area (TPSA) is 27.7 Å². The molecule has 1 aromatic carbocycles. The number of thiocarbonyl (C=S) groups is 1. The van der Waals surface area contributed by atoms with Crippen LogP contribution < -0.4 is 5.32 Å². The molecule has 0 bridgehead atoms. The molecule has 0 aromatic heterocycles. The molecule has 0 saturated carbocycles. The molecule has 2 aliphatic rings. The van der Waals surface area contributed by atoms with Crippen molar-refractivity contribution in [3.8, 4) is 0 Å². The van der Waals surface area contributed by atoms with Gasteiger partial charge in [-0.15, -0.1) is 0 Å². The second-order valence-corrected chi connectivity index (χ2v) is 7.43. The Balaban J connectivity index is 1.38. The van der Waals surface area contributed by atoms with Gasteiger partial charge in [-0.05, 0) is 68.2 Å². The summed E-state index contributed by atoms with van der Waals surface area (Å²) in [5.74, 6) is 0.822. The van der Waals surface area contributed by atoms with E-state index in [-0.39, 0.29) is 0 Å². The van der Waals surface area contributed by atoms with Crippen molar-refractivity contribution in [3.63, 3.8) is 0 Å². The fourth-order valence-electron chi connectivity index (χ4n) is 3.35. The number of piperidine rings is 1. The van der Waals surface area contributed by atoms with E-state index in [0.717, 1.165) is 61.1 Å². The number of anilines is 1. The third kappa shape index (κ3) is 5.31. The van der Waals surface area contributed by atoms with Crippen molar-refractivity contribution < 1.29 is 4.74 Å². The highest BCUT2D eigenvalue weighted by Gasteiger charge is 2.22. The maximum Gasteiger partial charge on any atom is 0.173 e. The van der Waals surface area contributed by atoms with Crippen LogP contribution in [0.2, 0.25) is 5.02 Å². The van der Waals surface area contributed by atoms with Gasteiger partial charge in [0.15, 0.2) is 5.11 Å². The SMILES string of the molecule is S=C(Nc1ccc(Cl)cc1)N1CCC(CCN2CCOCC2)CC1. The molecule has 4 nitrogen and oxygen atoms in total. The van der Waals surface area contributed by atoms with E-state index in [0.29, 0.717) is 0 Å². The van der Waals surface area contributed by atoms with Gasteiger partial charge in [0.2, 0.25) is 0 Å². The Labute approximate surface area is 155 Å². The summed E-state index contributed by atoms with van der Waals surface area (Å²) in [6.45, 7) is 7.27. The number of rotatable bonds is 4. The maximum absolute atomic E-state index is 5.92. The van der Waals surface area contributed by atoms with Crippen LogP contribution >= 0.6 is 23.8 Å². The van der Waals surface area contributed by atoms with Crippen LogP contribution in [0.25, 0.3) is 0 Å². The van der Waals surface area contributed by atoms with Gasteiger partial charge in [0, 0.05) is 36.9 Å². The lowest BCUT2D eigenvalue weighted by Gasteiger charge is -2.35. The van der Waals surface area contributed by atoms with E-state index in [4.69, 9.17) is 28.6 Å². The number of nitrogens with zero attached hydrogens (tertiary/aromatic N) is 2. The van der Waals surface area contributed by atoms with Crippen LogP contribution in [0.5, 0.6) is 0 Å². The van der Waals surface area contributed by atoms with Crippen molar-refractivity contribution in [2.75, 3.05) is 51.3 Å². The van der Waals surface area contributed by atoms with E-state index >= 15 is 0 Å². The molecular weight excluding hydrogens is 342 g/mol. The number of hydrogen-bond acceptors (Lipinski definition) is 3. The van der Waals surface area contributed by atoms with Crippen molar-refractivity contribution in [1.29, 1.82) is 0 Å². The second-order valence-electron chi connectivity index (χ2n) is 6.61. The molecule has 0 spiro atoms. The van der Waals surface area contributed by atoms with Crippen LogP contribution in [0.1, 0.15) is 19.3 Å². The fraction of sp³-hybridized carbons (Fsp3) is 0.611. The van der Waals surface area contributed by atoms with Crippen molar-refractivity contribution in [3.05, 3.63) is 29.3 Å². The average molecular weight is 368 g/mol. The van der Waals surface area contributed by atoms with Crippen LogP contribution in [0.4, 0.5) is 5.69 Å². The summed E-state index contributed by atoms with van der Waals surface area (Å²) in [5, 5.41) is 4.88. The molecule has 3 rings (SSSR count). The van der Waals surface area contributed by atoms with E-state index in [1.165, 1.54) is 25.8 Å². The van der Waals surface area contributed by atoms with Crippen molar-refractivity contribution >= 4 is 34.6 Å². The van der Waals surface area contributed by atoms with Gasteiger partial charge in [-0.25, -0.2) is 0 Å². The minimum absolute atomic E-state index is 0.743. The predicted molar refractivity (Wildman–Crippen MR) is 104 cm³/mol. The van der Waals surface area contributed by atoms with E-state index < -0.39 is 0 Å². The summed E-state index contributed by atoms with van der Waals surface area (Å²) in [6, 6.07) is 7.68. The first-order valence-corrected chi connectivity index (χ1v) is 9.61. The number of halogens is 1. The largest absolute Gasteiger partial charge is 0.379 e. The van der Waals surface area contributed by atoms with Gasteiger partial charge < -0.3 is 15.0 Å². The summed E-state index contributed by atoms with van der Waals surface area (Å²) in [7, 11) is 0. The lowest BCUT2D eigenvalue weighted by Crippen LogP contribution is -2.42. The first-order chi connectivity index (χ1) is 11.7. The fourth-order valence-corrected chi connectivity index (χ4v) is 3.78. The maximum atomic E-state index is 5.92. The Morgan fingerprint density at radius 3 is 2.46 bits per heavy atom. The Bertz CT molecular complexity index is 526. The van der Waals surface area contributed by atoms with Crippen molar-refractivity contribution in [2.24, 2.45) is 5.92 Å².